The molecule has 1 fully saturated rings. The zero-order chi connectivity index (χ0) is 15.9. The summed E-state index contributed by atoms with van der Waals surface area (Å²) in [6.07, 6.45) is 0.670. The SMILES string of the molecule is O=C(N[C@@H]1CC1c1ccc(Cl)cc1Cl)c1c(F)cccc1F. The van der Waals surface area contributed by atoms with Crippen molar-refractivity contribution in [3.8, 4) is 0 Å². The molecule has 1 amide bonds. The average Bonchev–Trinajstić information content (AvgIpc) is 3.17. The molecule has 22 heavy (non-hydrogen) atoms. The van der Waals surface area contributed by atoms with Crippen molar-refractivity contribution in [2.75, 3.05) is 0 Å². The van der Waals surface area contributed by atoms with Crippen molar-refractivity contribution in [3.63, 3.8) is 0 Å². The summed E-state index contributed by atoms with van der Waals surface area (Å²) in [4.78, 5) is 12.0. The molecule has 1 N–H and O–H groups in total. The van der Waals surface area contributed by atoms with Gasteiger partial charge in [0, 0.05) is 22.0 Å². The number of hydrogen-bond acceptors (Lipinski definition) is 1. The summed E-state index contributed by atoms with van der Waals surface area (Å²) in [5.74, 6) is -2.48. The number of benzene rings is 2. The Balaban J connectivity index is 1.72. The second-order valence-electron chi connectivity index (χ2n) is 5.18. The van der Waals surface area contributed by atoms with Crippen LogP contribution in [-0.4, -0.2) is 11.9 Å². The molecule has 0 bridgehead atoms. The minimum Gasteiger partial charge on any atom is -0.348 e. The minimum absolute atomic E-state index is 0.0311. The number of halogens is 4. The van der Waals surface area contributed by atoms with Crippen molar-refractivity contribution in [2.45, 2.75) is 18.4 Å². The molecule has 0 radical (unpaired) electrons. The van der Waals surface area contributed by atoms with Gasteiger partial charge >= 0.3 is 0 Å². The standard InChI is InChI=1S/C16H11Cl2F2NO/c17-8-4-5-9(11(18)6-8)10-7-14(10)21-16(22)15-12(19)2-1-3-13(15)20/h1-6,10,14H,7H2,(H,21,22)/t10?,14-/m1/s1. The van der Waals surface area contributed by atoms with Gasteiger partial charge in [-0.05, 0) is 36.2 Å². The zero-order valence-corrected chi connectivity index (χ0v) is 12.8. The van der Waals surface area contributed by atoms with Crippen molar-refractivity contribution < 1.29 is 13.6 Å². The van der Waals surface area contributed by atoms with E-state index in [1.54, 1.807) is 18.2 Å². The van der Waals surface area contributed by atoms with E-state index in [4.69, 9.17) is 23.2 Å². The summed E-state index contributed by atoms with van der Waals surface area (Å²) in [5.41, 5.74) is 0.306. The quantitative estimate of drug-likeness (QED) is 0.871. The first-order valence-corrected chi connectivity index (χ1v) is 7.43. The molecule has 2 atom stereocenters. The van der Waals surface area contributed by atoms with Gasteiger partial charge in [0.2, 0.25) is 0 Å². The fourth-order valence-corrected chi connectivity index (χ4v) is 3.00. The fourth-order valence-electron chi connectivity index (χ4n) is 2.46. The lowest BCUT2D eigenvalue weighted by Crippen LogP contribution is -2.28. The molecule has 0 heterocycles. The van der Waals surface area contributed by atoms with Crippen LogP contribution in [0.15, 0.2) is 36.4 Å². The van der Waals surface area contributed by atoms with Crippen LogP contribution in [0.5, 0.6) is 0 Å². The van der Waals surface area contributed by atoms with Gasteiger partial charge < -0.3 is 5.32 Å². The Morgan fingerprint density at radius 3 is 2.45 bits per heavy atom. The number of nitrogens with one attached hydrogen (secondary N) is 1. The van der Waals surface area contributed by atoms with Crippen LogP contribution in [-0.2, 0) is 0 Å². The van der Waals surface area contributed by atoms with Crippen molar-refractivity contribution in [2.24, 2.45) is 0 Å². The lowest BCUT2D eigenvalue weighted by molar-refractivity contribution is 0.0942. The first kappa shape index (κ1) is 15.3. The van der Waals surface area contributed by atoms with Crippen LogP contribution < -0.4 is 5.32 Å². The summed E-state index contributed by atoms with van der Waals surface area (Å²) in [7, 11) is 0. The second kappa shape index (κ2) is 5.86. The van der Waals surface area contributed by atoms with Gasteiger partial charge in [-0.1, -0.05) is 35.3 Å². The summed E-state index contributed by atoms with van der Waals surface area (Å²) >= 11 is 12.0. The van der Waals surface area contributed by atoms with Crippen LogP contribution in [0.2, 0.25) is 10.0 Å². The number of carbonyl (C=O) groups is 1. The van der Waals surface area contributed by atoms with Gasteiger partial charge in [-0.3, -0.25) is 4.79 Å². The molecular formula is C16H11Cl2F2NO. The molecule has 1 unspecified atom stereocenters. The summed E-state index contributed by atoms with van der Waals surface area (Å²) < 4.78 is 27.1. The number of rotatable bonds is 3. The maximum absolute atomic E-state index is 13.6. The fraction of sp³-hybridized carbons (Fsp3) is 0.188. The van der Waals surface area contributed by atoms with Crippen molar-refractivity contribution in [3.05, 3.63) is 69.2 Å². The van der Waals surface area contributed by atoms with E-state index < -0.39 is 23.1 Å². The molecule has 1 saturated carbocycles. The predicted octanol–water partition coefficient (Wildman–Crippen LogP) is 4.56. The monoisotopic (exact) mass is 341 g/mol. The molecule has 0 aliphatic heterocycles. The Kier molecular flexibility index (Phi) is 4.06. The third-order valence-electron chi connectivity index (χ3n) is 3.66. The van der Waals surface area contributed by atoms with Crippen molar-refractivity contribution in [1.82, 2.24) is 5.32 Å². The molecule has 114 valence electrons. The number of hydrogen-bond donors (Lipinski definition) is 1. The highest BCUT2D eigenvalue weighted by molar-refractivity contribution is 6.35. The van der Waals surface area contributed by atoms with Crippen LogP contribution in [0.4, 0.5) is 8.78 Å². The molecule has 2 nitrogen and oxygen atoms in total. The Labute approximate surface area is 136 Å². The molecule has 2 aromatic carbocycles. The number of carbonyl (C=O) groups excluding carboxylic acids is 1. The molecule has 1 aliphatic rings. The van der Waals surface area contributed by atoms with Crippen LogP contribution in [0, 0.1) is 11.6 Å². The topological polar surface area (TPSA) is 29.1 Å². The van der Waals surface area contributed by atoms with E-state index in [-0.39, 0.29) is 12.0 Å². The highest BCUT2D eigenvalue weighted by Gasteiger charge is 2.41. The highest BCUT2D eigenvalue weighted by atomic mass is 35.5. The molecular weight excluding hydrogens is 331 g/mol. The highest BCUT2D eigenvalue weighted by Crippen LogP contribution is 2.44. The van der Waals surface area contributed by atoms with E-state index in [0.29, 0.717) is 16.5 Å². The summed E-state index contributed by atoms with van der Waals surface area (Å²) in [5, 5.41) is 3.68. The van der Waals surface area contributed by atoms with E-state index in [2.05, 4.69) is 5.32 Å². The van der Waals surface area contributed by atoms with Crippen LogP contribution in [0.25, 0.3) is 0 Å². The Hall–Kier alpha value is -1.65. The van der Waals surface area contributed by atoms with E-state index in [1.807, 2.05) is 0 Å². The minimum atomic E-state index is -0.876. The first-order valence-electron chi connectivity index (χ1n) is 6.67. The lowest BCUT2D eigenvalue weighted by Gasteiger charge is -2.08. The van der Waals surface area contributed by atoms with Crippen LogP contribution >= 0.6 is 23.2 Å². The van der Waals surface area contributed by atoms with E-state index in [1.165, 1.54) is 6.07 Å². The maximum atomic E-state index is 13.6. The first-order chi connectivity index (χ1) is 10.5. The number of amides is 1. The average molecular weight is 342 g/mol. The van der Waals surface area contributed by atoms with E-state index >= 15 is 0 Å². The van der Waals surface area contributed by atoms with Crippen LogP contribution in [0.1, 0.15) is 28.3 Å². The largest absolute Gasteiger partial charge is 0.348 e. The summed E-state index contributed by atoms with van der Waals surface area (Å²) in [6, 6.07) is 8.28. The third-order valence-corrected chi connectivity index (χ3v) is 4.22. The van der Waals surface area contributed by atoms with E-state index in [9.17, 15) is 13.6 Å². The molecule has 2 aromatic rings. The molecule has 3 rings (SSSR count). The van der Waals surface area contributed by atoms with Crippen molar-refractivity contribution in [1.29, 1.82) is 0 Å². The molecule has 0 saturated heterocycles. The second-order valence-corrected chi connectivity index (χ2v) is 6.03. The Bertz CT molecular complexity index is 731. The summed E-state index contributed by atoms with van der Waals surface area (Å²) in [6.45, 7) is 0. The molecule has 0 spiro atoms. The van der Waals surface area contributed by atoms with Gasteiger partial charge in [0.1, 0.15) is 17.2 Å². The van der Waals surface area contributed by atoms with Gasteiger partial charge in [-0.25, -0.2) is 8.78 Å². The van der Waals surface area contributed by atoms with Gasteiger partial charge in [-0.2, -0.15) is 0 Å². The zero-order valence-electron chi connectivity index (χ0n) is 11.2. The normalized spacial score (nSPS) is 19.8. The third kappa shape index (κ3) is 2.94. The van der Waals surface area contributed by atoms with Gasteiger partial charge in [0.25, 0.3) is 5.91 Å². The predicted molar refractivity (Wildman–Crippen MR) is 81.4 cm³/mol. The lowest BCUT2D eigenvalue weighted by atomic mass is 10.1. The maximum Gasteiger partial charge on any atom is 0.257 e. The van der Waals surface area contributed by atoms with Gasteiger partial charge in [0.15, 0.2) is 0 Å². The molecule has 6 heteroatoms. The smallest absolute Gasteiger partial charge is 0.257 e. The van der Waals surface area contributed by atoms with Crippen LogP contribution in [0.3, 0.4) is 0 Å². The van der Waals surface area contributed by atoms with Gasteiger partial charge in [-0.15, -0.1) is 0 Å². The Morgan fingerprint density at radius 2 is 1.82 bits per heavy atom. The Morgan fingerprint density at radius 1 is 1.14 bits per heavy atom. The molecule has 0 aromatic heterocycles. The van der Waals surface area contributed by atoms with E-state index in [0.717, 1.165) is 17.7 Å². The van der Waals surface area contributed by atoms with Gasteiger partial charge in [0.05, 0.1) is 0 Å². The molecule has 1 aliphatic carbocycles. The van der Waals surface area contributed by atoms with Crippen molar-refractivity contribution >= 4 is 29.1 Å².